The first-order valence-corrected chi connectivity index (χ1v) is 8.61. The summed E-state index contributed by atoms with van der Waals surface area (Å²) in [5, 5.41) is 0. The molecule has 1 fully saturated rings. The van der Waals surface area contributed by atoms with Crippen molar-refractivity contribution >= 4 is 15.9 Å². The first-order valence-electron chi connectivity index (χ1n) is 6.72. The van der Waals surface area contributed by atoms with Gasteiger partial charge in [0, 0.05) is 26.5 Å². The number of nitrogens with zero attached hydrogens (tertiary/aromatic N) is 1. The second-order valence-corrected chi connectivity index (χ2v) is 6.85. The summed E-state index contributed by atoms with van der Waals surface area (Å²) in [5.74, 6) is -0.952. The van der Waals surface area contributed by atoms with Crippen LogP contribution < -0.4 is 16.0 Å². The molecule has 1 aliphatic heterocycles. The Labute approximate surface area is 136 Å². The van der Waals surface area contributed by atoms with Gasteiger partial charge < -0.3 is 14.2 Å². The fraction of sp³-hybridized carbons (Fsp3) is 0.583. The number of carbonyl (C=O) groups excluding carboxylic acids is 1. The summed E-state index contributed by atoms with van der Waals surface area (Å²) in [5.41, 5.74) is -1.37. The van der Waals surface area contributed by atoms with Crippen molar-refractivity contribution in [3.05, 3.63) is 33.1 Å². The average molecular weight is 363 g/mol. The Morgan fingerprint density at radius 1 is 1.29 bits per heavy atom. The molecule has 2 N–H and O–H groups in total. The summed E-state index contributed by atoms with van der Waals surface area (Å²) in [6.45, 7) is 0. The van der Waals surface area contributed by atoms with Gasteiger partial charge in [-0.05, 0) is 0 Å². The highest BCUT2D eigenvalue weighted by atomic mass is 32.2. The van der Waals surface area contributed by atoms with Crippen molar-refractivity contribution in [2.75, 3.05) is 20.5 Å². The van der Waals surface area contributed by atoms with Crippen LogP contribution >= 0.6 is 0 Å². The highest BCUT2D eigenvalue weighted by Gasteiger charge is 2.50. The number of aromatic nitrogens is 2. The molecule has 0 spiro atoms. The van der Waals surface area contributed by atoms with Gasteiger partial charge >= 0.3 is 5.69 Å². The number of ether oxygens (including phenoxy) is 3. The maximum absolute atomic E-state index is 12.1. The van der Waals surface area contributed by atoms with Crippen molar-refractivity contribution in [1.82, 2.24) is 14.3 Å². The van der Waals surface area contributed by atoms with Crippen molar-refractivity contribution in [2.45, 2.75) is 24.5 Å². The zero-order valence-electron chi connectivity index (χ0n) is 13.1. The summed E-state index contributed by atoms with van der Waals surface area (Å²) in [6.07, 6.45) is -2.30. The lowest BCUT2D eigenvalue weighted by Gasteiger charge is -2.21. The van der Waals surface area contributed by atoms with E-state index in [1.54, 1.807) is 4.72 Å². The molecule has 4 atom stereocenters. The molecule has 0 aliphatic carbocycles. The molecule has 0 aromatic carbocycles. The number of nitrogens with one attached hydrogen (secondary N) is 2. The third-order valence-corrected chi connectivity index (χ3v) is 3.98. The minimum absolute atomic E-state index is 0.599. The molecule has 0 bridgehead atoms. The fourth-order valence-electron chi connectivity index (χ4n) is 2.45. The molecule has 1 aromatic rings. The van der Waals surface area contributed by atoms with Gasteiger partial charge in [-0.25, -0.2) is 13.2 Å². The Hall–Kier alpha value is -2.02. The quantitative estimate of drug-likeness (QED) is 0.586. The van der Waals surface area contributed by atoms with E-state index in [-0.39, 0.29) is 0 Å². The van der Waals surface area contributed by atoms with Crippen LogP contribution in [0.15, 0.2) is 21.9 Å². The normalized spacial score (nSPS) is 27.1. The molecule has 11 nitrogen and oxygen atoms in total. The highest BCUT2D eigenvalue weighted by molar-refractivity contribution is 7.89. The van der Waals surface area contributed by atoms with E-state index < -0.39 is 51.7 Å². The lowest BCUT2D eigenvalue weighted by Crippen LogP contribution is -2.45. The van der Waals surface area contributed by atoms with Gasteiger partial charge in [0.15, 0.2) is 12.3 Å². The van der Waals surface area contributed by atoms with Gasteiger partial charge in [-0.1, -0.05) is 0 Å². The Morgan fingerprint density at radius 3 is 2.42 bits per heavy atom. The van der Waals surface area contributed by atoms with Crippen LogP contribution in [-0.4, -0.2) is 62.7 Å². The fourth-order valence-corrected chi connectivity index (χ4v) is 2.93. The molecule has 1 aliphatic rings. The monoisotopic (exact) mass is 363 g/mol. The predicted octanol–water partition coefficient (Wildman–Crippen LogP) is -2.46. The van der Waals surface area contributed by atoms with Crippen LogP contribution in [0.1, 0.15) is 6.23 Å². The molecule has 1 amide bonds. The molecular formula is C12H17N3O8S. The van der Waals surface area contributed by atoms with Gasteiger partial charge in [-0.15, -0.1) is 0 Å². The van der Waals surface area contributed by atoms with E-state index in [0.29, 0.717) is 0 Å². The van der Waals surface area contributed by atoms with Gasteiger partial charge in [0.05, 0.1) is 6.26 Å². The molecule has 1 aromatic heterocycles. The zero-order valence-corrected chi connectivity index (χ0v) is 13.9. The van der Waals surface area contributed by atoms with Crippen LogP contribution in [0.3, 0.4) is 0 Å². The first kappa shape index (κ1) is 18.3. The summed E-state index contributed by atoms with van der Waals surface area (Å²) in [7, 11) is -1.19. The van der Waals surface area contributed by atoms with Crippen LogP contribution in [0.5, 0.6) is 0 Å². The first-order chi connectivity index (χ1) is 11.2. The van der Waals surface area contributed by atoms with Gasteiger partial charge in [0.25, 0.3) is 11.5 Å². The van der Waals surface area contributed by atoms with E-state index in [0.717, 1.165) is 16.9 Å². The topological polar surface area (TPSA) is 146 Å². The second kappa shape index (κ2) is 6.84. The average Bonchev–Trinajstić information content (AvgIpc) is 2.83. The lowest BCUT2D eigenvalue weighted by atomic mass is 10.1. The molecule has 12 heteroatoms. The van der Waals surface area contributed by atoms with Crippen molar-refractivity contribution in [1.29, 1.82) is 0 Å². The van der Waals surface area contributed by atoms with Crippen molar-refractivity contribution in [3.8, 4) is 0 Å². The minimum Gasteiger partial charge on any atom is -0.375 e. The number of hydrogen-bond acceptors (Lipinski definition) is 8. The Morgan fingerprint density at radius 2 is 1.92 bits per heavy atom. The number of hydrogen-bond donors (Lipinski definition) is 2. The molecule has 0 unspecified atom stereocenters. The largest absolute Gasteiger partial charge is 0.375 e. The van der Waals surface area contributed by atoms with Gasteiger partial charge in [0.2, 0.25) is 10.0 Å². The van der Waals surface area contributed by atoms with Gasteiger partial charge in [-0.2, -0.15) is 0 Å². The van der Waals surface area contributed by atoms with Crippen LogP contribution in [0.2, 0.25) is 0 Å². The number of H-pyrrole nitrogens is 1. The van der Waals surface area contributed by atoms with Crippen LogP contribution in [0.4, 0.5) is 0 Å². The number of carbonyl (C=O) groups is 1. The predicted molar refractivity (Wildman–Crippen MR) is 79.8 cm³/mol. The van der Waals surface area contributed by atoms with Gasteiger partial charge in [-0.3, -0.25) is 23.9 Å². The molecule has 1 saturated heterocycles. The number of aromatic amines is 1. The van der Waals surface area contributed by atoms with Crippen molar-refractivity contribution < 1.29 is 27.4 Å². The third kappa shape index (κ3) is 3.72. The number of amides is 1. The maximum Gasteiger partial charge on any atom is 0.330 e. The van der Waals surface area contributed by atoms with Crippen molar-refractivity contribution in [2.24, 2.45) is 0 Å². The van der Waals surface area contributed by atoms with Gasteiger partial charge in [0.1, 0.15) is 12.2 Å². The summed E-state index contributed by atoms with van der Waals surface area (Å²) in [6, 6.07) is 1.10. The number of methoxy groups -OCH3 is 2. The van der Waals surface area contributed by atoms with Crippen LogP contribution in [-0.2, 0) is 29.0 Å². The third-order valence-electron chi connectivity index (χ3n) is 3.40. The number of sulfonamides is 1. The minimum atomic E-state index is -3.80. The van der Waals surface area contributed by atoms with E-state index in [1.807, 2.05) is 0 Å². The summed E-state index contributed by atoms with van der Waals surface area (Å²) >= 11 is 0. The van der Waals surface area contributed by atoms with E-state index in [2.05, 4.69) is 4.98 Å². The van der Waals surface area contributed by atoms with E-state index in [1.165, 1.54) is 20.4 Å². The molecule has 24 heavy (non-hydrogen) atoms. The summed E-state index contributed by atoms with van der Waals surface area (Å²) < 4.78 is 41.2. The Bertz CT molecular complexity index is 829. The van der Waals surface area contributed by atoms with E-state index in [4.69, 9.17) is 14.2 Å². The smallest absolute Gasteiger partial charge is 0.330 e. The Balaban J connectivity index is 2.39. The molecule has 134 valence electrons. The zero-order chi connectivity index (χ0) is 18.1. The molecule has 2 rings (SSSR count). The lowest BCUT2D eigenvalue weighted by molar-refractivity contribution is -0.136. The molecular weight excluding hydrogens is 346 g/mol. The molecule has 2 heterocycles. The maximum atomic E-state index is 12.1. The highest BCUT2D eigenvalue weighted by Crippen LogP contribution is 2.32. The summed E-state index contributed by atoms with van der Waals surface area (Å²) in [4.78, 5) is 37.3. The second-order valence-electron chi connectivity index (χ2n) is 5.10. The molecule has 0 saturated carbocycles. The SMILES string of the molecule is CO[C@@H]1[C@H](OC)[C@@H](C(=O)NS(C)(=O)=O)O[C@H]1n1ccc(=O)[nH]c1=O. The van der Waals surface area contributed by atoms with E-state index >= 15 is 0 Å². The van der Waals surface area contributed by atoms with Crippen LogP contribution in [0, 0.1) is 0 Å². The number of rotatable bonds is 5. The Kier molecular flexibility index (Phi) is 5.22. The van der Waals surface area contributed by atoms with E-state index in [9.17, 15) is 22.8 Å². The van der Waals surface area contributed by atoms with Crippen molar-refractivity contribution in [3.63, 3.8) is 0 Å². The van der Waals surface area contributed by atoms with Crippen LogP contribution in [0.25, 0.3) is 0 Å². The molecule has 0 radical (unpaired) electrons. The standard InChI is InChI=1S/C12H17N3O8S/c1-21-7-8(10(17)14-24(3,19)20)23-11(9(7)22-2)15-5-4-6(16)13-12(15)18/h4-5,7-9,11H,1-3H3,(H,14,17)(H,13,16,18)/t7-,8+,9-,11-/m1/s1.